The van der Waals surface area contributed by atoms with Gasteiger partial charge < -0.3 is 15.0 Å². The van der Waals surface area contributed by atoms with Gasteiger partial charge in [0.2, 0.25) is 0 Å². The van der Waals surface area contributed by atoms with Crippen LogP contribution in [0.1, 0.15) is 50.7 Å². The zero-order valence-electron chi connectivity index (χ0n) is 16.0. The monoisotopic (exact) mass is 360 g/mol. The topological polar surface area (TPSA) is 75.7 Å². The Labute approximate surface area is 154 Å². The molecule has 0 radical (unpaired) electrons. The van der Waals surface area contributed by atoms with Gasteiger partial charge in [-0.2, -0.15) is 0 Å². The lowest BCUT2D eigenvalue weighted by atomic mass is 9.96. The fourth-order valence-electron chi connectivity index (χ4n) is 3.23. The number of para-hydroxylation sites is 1. The number of rotatable bonds is 4. The Morgan fingerprint density at radius 3 is 2.46 bits per heavy atom. The smallest absolute Gasteiger partial charge is 0.313 e. The SMILES string of the molecule is CCOC(=O)C1CCN(C(=O)C(=O)Nc2c(C)cccc2C(C)C)CC1. The molecule has 1 aromatic carbocycles. The molecule has 0 spiro atoms. The number of carbonyl (C=O) groups is 3. The summed E-state index contributed by atoms with van der Waals surface area (Å²) in [6, 6.07) is 5.82. The molecule has 0 aliphatic carbocycles. The highest BCUT2D eigenvalue weighted by molar-refractivity contribution is 6.39. The molecule has 6 heteroatoms. The van der Waals surface area contributed by atoms with Gasteiger partial charge in [0.1, 0.15) is 0 Å². The third-order valence-corrected chi connectivity index (χ3v) is 4.76. The molecule has 1 fully saturated rings. The number of amides is 2. The van der Waals surface area contributed by atoms with E-state index in [4.69, 9.17) is 4.74 Å². The van der Waals surface area contributed by atoms with Crippen LogP contribution in [0, 0.1) is 12.8 Å². The summed E-state index contributed by atoms with van der Waals surface area (Å²) in [6.45, 7) is 8.92. The number of benzene rings is 1. The maximum absolute atomic E-state index is 12.5. The Morgan fingerprint density at radius 1 is 1.23 bits per heavy atom. The van der Waals surface area contributed by atoms with Gasteiger partial charge in [0.25, 0.3) is 0 Å². The van der Waals surface area contributed by atoms with Gasteiger partial charge in [0, 0.05) is 18.8 Å². The van der Waals surface area contributed by atoms with Crippen LogP contribution < -0.4 is 5.32 Å². The number of anilines is 1. The van der Waals surface area contributed by atoms with E-state index in [9.17, 15) is 14.4 Å². The quantitative estimate of drug-likeness (QED) is 0.662. The second-order valence-corrected chi connectivity index (χ2v) is 6.97. The Bertz CT molecular complexity index is 676. The second kappa shape index (κ2) is 8.83. The molecule has 0 saturated carbocycles. The Balaban J connectivity index is 1.99. The number of nitrogens with zero attached hydrogens (tertiary/aromatic N) is 1. The number of nitrogens with one attached hydrogen (secondary N) is 1. The average Bonchev–Trinajstić information content (AvgIpc) is 2.62. The van der Waals surface area contributed by atoms with Crippen LogP contribution in [0.25, 0.3) is 0 Å². The molecule has 1 N–H and O–H groups in total. The minimum Gasteiger partial charge on any atom is -0.466 e. The molecule has 1 aromatic rings. The summed E-state index contributed by atoms with van der Waals surface area (Å²) in [4.78, 5) is 38.3. The Morgan fingerprint density at radius 2 is 1.88 bits per heavy atom. The van der Waals surface area contributed by atoms with E-state index in [2.05, 4.69) is 5.32 Å². The zero-order chi connectivity index (χ0) is 19.3. The van der Waals surface area contributed by atoms with Gasteiger partial charge in [-0.1, -0.05) is 32.0 Å². The summed E-state index contributed by atoms with van der Waals surface area (Å²) in [5.41, 5.74) is 2.65. The molecule has 0 unspecified atom stereocenters. The molecule has 0 atom stereocenters. The first-order valence-corrected chi connectivity index (χ1v) is 9.21. The van der Waals surface area contributed by atoms with Gasteiger partial charge in [-0.25, -0.2) is 0 Å². The lowest BCUT2D eigenvalue weighted by molar-refractivity contribution is -0.152. The number of piperidine rings is 1. The van der Waals surface area contributed by atoms with E-state index in [-0.39, 0.29) is 17.8 Å². The van der Waals surface area contributed by atoms with E-state index in [0.717, 1.165) is 11.1 Å². The third-order valence-electron chi connectivity index (χ3n) is 4.76. The molecule has 0 aromatic heterocycles. The van der Waals surface area contributed by atoms with Crippen LogP contribution in [0.2, 0.25) is 0 Å². The highest BCUT2D eigenvalue weighted by atomic mass is 16.5. The highest BCUT2D eigenvalue weighted by Gasteiger charge is 2.31. The predicted molar refractivity (Wildman–Crippen MR) is 99.8 cm³/mol. The maximum Gasteiger partial charge on any atom is 0.313 e. The van der Waals surface area contributed by atoms with Crippen molar-refractivity contribution >= 4 is 23.5 Å². The van der Waals surface area contributed by atoms with E-state index in [1.807, 2.05) is 39.0 Å². The minimum absolute atomic E-state index is 0.189. The average molecular weight is 360 g/mol. The number of likely N-dealkylation sites (tertiary alicyclic amines) is 1. The van der Waals surface area contributed by atoms with E-state index in [0.29, 0.717) is 38.2 Å². The Hall–Kier alpha value is -2.37. The lowest BCUT2D eigenvalue weighted by Crippen LogP contribution is -2.45. The summed E-state index contributed by atoms with van der Waals surface area (Å²) >= 11 is 0. The standard InChI is InChI=1S/C20H28N2O4/c1-5-26-20(25)15-9-11-22(12-10-15)19(24)18(23)21-17-14(4)7-6-8-16(17)13(2)3/h6-8,13,15H,5,9-12H2,1-4H3,(H,21,23). The number of hydrogen-bond donors (Lipinski definition) is 1. The van der Waals surface area contributed by atoms with Crippen molar-refractivity contribution in [2.45, 2.75) is 46.5 Å². The van der Waals surface area contributed by atoms with Crippen LogP contribution in [0.4, 0.5) is 5.69 Å². The van der Waals surface area contributed by atoms with Gasteiger partial charge in [-0.15, -0.1) is 0 Å². The third kappa shape index (κ3) is 4.62. The van der Waals surface area contributed by atoms with Gasteiger partial charge in [-0.3, -0.25) is 14.4 Å². The zero-order valence-corrected chi connectivity index (χ0v) is 16.0. The molecule has 0 bridgehead atoms. The number of carbonyl (C=O) groups excluding carboxylic acids is 3. The van der Waals surface area contributed by atoms with Crippen molar-refractivity contribution in [1.82, 2.24) is 4.90 Å². The van der Waals surface area contributed by atoms with Gasteiger partial charge in [0.05, 0.1) is 12.5 Å². The molecule has 142 valence electrons. The second-order valence-electron chi connectivity index (χ2n) is 6.97. The fourth-order valence-corrected chi connectivity index (χ4v) is 3.23. The van der Waals surface area contributed by atoms with Crippen LogP contribution in [0.15, 0.2) is 18.2 Å². The van der Waals surface area contributed by atoms with Crippen molar-refractivity contribution in [1.29, 1.82) is 0 Å². The van der Waals surface area contributed by atoms with Crippen molar-refractivity contribution < 1.29 is 19.1 Å². The lowest BCUT2D eigenvalue weighted by Gasteiger charge is -2.30. The molecule has 1 aliphatic heterocycles. The molecule has 1 aliphatic rings. The number of ether oxygens (including phenoxy) is 1. The van der Waals surface area contributed by atoms with Gasteiger partial charge in [0.15, 0.2) is 0 Å². The molecule has 1 saturated heterocycles. The van der Waals surface area contributed by atoms with Crippen molar-refractivity contribution in [2.75, 3.05) is 25.0 Å². The normalized spacial score (nSPS) is 15.0. The van der Waals surface area contributed by atoms with E-state index >= 15 is 0 Å². The first kappa shape index (κ1) is 19.9. The fraction of sp³-hybridized carbons (Fsp3) is 0.550. The van der Waals surface area contributed by atoms with Gasteiger partial charge in [-0.05, 0) is 43.7 Å². The summed E-state index contributed by atoms with van der Waals surface area (Å²) in [6.07, 6.45) is 1.05. The molecule has 26 heavy (non-hydrogen) atoms. The predicted octanol–water partition coefficient (Wildman–Crippen LogP) is 2.86. The van der Waals surface area contributed by atoms with Crippen LogP contribution in [0.3, 0.4) is 0 Å². The van der Waals surface area contributed by atoms with Crippen molar-refractivity contribution in [3.05, 3.63) is 29.3 Å². The van der Waals surface area contributed by atoms with E-state index < -0.39 is 11.8 Å². The van der Waals surface area contributed by atoms with Crippen molar-refractivity contribution in [3.63, 3.8) is 0 Å². The van der Waals surface area contributed by atoms with Crippen LogP contribution in [0.5, 0.6) is 0 Å². The van der Waals surface area contributed by atoms with E-state index in [1.165, 1.54) is 4.90 Å². The summed E-state index contributed by atoms with van der Waals surface area (Å²) in [7, 11) is 0. The molecule has 2 amide bonds. The van der Waals surface area contributed by atoms with Crippen LogP contribution in [-0.2, 0) is 19.1 Å². The first-order valence-electron chi connectivity index (χ1n) is 9.21. The number of hydrogen-bond acceptors (Lipinski definition) is 4. The molecular formula is C20H28N2O4. The number of aryl methyl sites for hydroxylation is 1. The van der Waals surface area contributed by atoms with Crippen LogP contribution >= 0.6 is 0 Å². The maximum atomic E-state index is 12.5. The highest BCUT2D eigenvalue weighted by Crippen LogP contribution is 2.27. The molecule has 1 heterocycles. The first-order chi connectivity index (χ1) is 12.3. The Kier molecular flexibility index (Phi) is 6.77. The largest absolute Gasteiger partial charge is 0.466 e. The summed E-state index contributed by atoms with van der Waals surface area (Å²) < 4.78 is 5.03. The van der Waals surface area contributed by atoms with Crippen molar-refractivity contribution in [3.8, 4) is 0 Å². The molecule has 2 rings (SSSR count). The number of esters is 1. The molecular weight excluding hydrogens is 332 g/mol. The van der Waals surface area contributed by atoms with Crippen LogP contribution in [-0.4, -0.2) is 42.4 Å². The van der Waals surface area contributed by atoms with E-state index in [1.54, 1.807) is 6.92 Å². The minimum atomic E-state index is -0.629. The van der Waals surface area contributed by atoms with Gasteiger partial charge >= 0.3 is 17.8 Å². The summed E-state index contributed by atoms with van der Waals surface area (Å²) in [5.74, 6) is -1.35. The van der Waals surface area contributed by atoms with Crippen molar-refractivity contribution in [2.24, 2.45) is 5.92 Å². The molecule has 6 nitrogen and oxygen atoms in total. The summed E-state index contributed by atoms with van der Waals surface area (Å²) in [5, 5.41) is 2.79.